The fraction of sp³-hybridized carbons (Fsp3) is 0.273. The van der Waals surface area contributed by atoms with Crippen LogP contribution in [-0.4, -0.2) is 42.0 Å². The number of benzene rings is 2. The summed E-state index contributed by atoms with van der Waals surface area (Å²) in [5.41, 5.74) is 1.82. The molecule has 1 aromatic heterocycles. The molecule has 2 heterocycles. The maximum Gasteiger partial charge on any atom is 0.357 e. The van der Waals surface area contributed by atoms with Crippen molar-refractivity contribution in [1.82, 2.24) is 9.88 Å². The van der Waals surface area contributed by atoms with Gasteiger partial charge < -0.3 is 28.5 Å². The van der Waals surface area contributed by atoms with Gasteiger partial charge in [-0.15, -0.1) is 0 Å². The molecule has 3 aromatic rings. The van der Waals surface area contributed by atoms with Crippen LogP contribution < -0.4 is 18.9 Å². The summed E-state index contributed by atoms with van der Waals surface area (Å²) in [6, 6.07) is 11.4. The molecule has 0 aliphatic carbocycles. The van der Waals surface area contributed by atoms with Crippen molar-refractivity contribution >= 4 is 5.97 Å². The average Bonchev–Trinajstić information content (AvgIpc) is 3.43. The third-order valence-corrected chi connectivity index (χ3v) is 4.86. The molecule has 0 fully saturated rings. The molecule has 0 radical (unpaired) electrons. The highest BCUT2D eigenvalue weighted by atomic mass is 16.7. The number of oxazole rings is 1. The van der Waals surface area contributed by atoms with E-state index >= 15 is 0 Å². The lowest BCUT2D eigenvalue weighted by Crippen LogP contribution is -2.23. The summed E-state index contributed by atoms with van der Waals surface area (Å²) in [4.78, 5) is 17.3. The second-order valence-electron chi connectivity index (χ2n) is 6.94. The van der Waals surface area contributed by atoms with Crippen molar-refractivity contribution in [3.8, 4) is 23.0 Å². The Hall–Kier alpha value is -3.72. The Morgan fingerprint density at radius 3 is 2.65 bits per heavy atom. The minimum Gasteiger partial charge on any atom is -0.497 e. The molecule has 9 nitrogen and oxygen atoms in total. The van der Waals surface area contributed by atoms with Gasteiger partial charge in [-0.1, -0.05) is 12.1 Å². The largest absolute Gasteiger partial charge is 0.497 e. The van der Waals surface area contributed by atoms with Crippen LogP contribution in [0.3, 0.4) is 0 Å². The average molecular weight is 426 g/mol. The lowest BCUT2D eigenvalue weighted by molar-refractivity contribution is 0.0690. The molecular formula is C22H22N2O7. The van der Waals surface area contributed by atoms with Crippen molar-refractivity contribution in [2.45, 2.75) is 19.6 Å². The van der Waals surface area contributed by atoms with Gasteiger partial charge >= 0.3 is 5.97 Å². The zero-order valence-electron chi connectivity index (χ0n) is 17.2. The van der Waals surface area contributed by atoms with E-state index in [4.69, 9.17) is 28.5 Å². The zero-order chi connectivity index (χ0) is 21.8. The van der Waals surface area contributed by atoms with Crippen molar-refractivity contribution in [3.05, 3.63) is 65.4 Å². The number of aromatic carboxylic acids is 1. The number of nitrogens with zero attached hydrogens (tertiary/aromatic N) is 2. The van der Waals surface area contributed by atoms with Gasteiger partial charge in [-0.2, -0.15) is 0 Å². The van der Waals surface area contributed by atoms with E-state index in [0.717, 1.165) is 17.4 Å². The number of methoxy groups -OCH3 is 2. The molecule has 1 N–H and O–H groups in total. The molecule has 2 aromatic carbocycles. The highest BCUT2D eigenvalue weighted by Crippen LogP contribution is 2.33. The summed E-state index contributed by atoms with van der Waals surface area (Å²) in [7, 11) is 3.21. The number of carbonyl (C=O) groups is 1. The molecule has 1 aliphatic heterocycles. The molecule has 0 saturated carbocycles. The second kappa shape index (κ2) is 8.97. The van der Waals surface area contributed by atoms with Gasteiger partial charge in [0, 0.05) is 24.7 Å². The van der Waals surface area contributed by atoms with Gasteiger partial charge in [0.25, 0.3) is 0 Å². The van der Waals surface area contributed by atoms with E-state index in [1.807, 2.05) is 36.4 Å². The summed E-state index contributed by atoms with van der Waals surface area (Å²) in [5.74, 6) is 1.98. The maximum absolute atomic E-state index is 11.1. The predicted molar refractivity (Wildman–Crippen MR) is 109 cm³/mol. The van der Waals surface area contributed by atoms with E-state index in [1.165, 1.54) is 0 Å². The summed E-state index contributed by atoms with van der Waals surface area (Å²) in [6.07, 6.45) is 1.14. The Bertz CT molecular complexity index is 1080. The van der Waals surface area contributed by atoms with Crippen LogP contribution in [-0.2, 0) is 19.6 Å². The van der Waals surface area contributed by atoms with E-state index in [-0.39, 0.29) is 12.5 Å². The molecule has 9 heteroatoms. The first-order chi connectivity index (χ1) is 15.1. The number of aromatic nitrogens is 1. The number of hydrogen-bond donors (Lipinski definition) is 1. The van der Waals surface area contributed by atoms with Crippen LogP contribution in [0, 0.1) is 0 Å². The minimum atomic E-state index is -1.13. The number of hydrogen-bond acceptors (Lipinski definition) is 8. The molecule has 0 saturated heterocycles. The van der Waals surface area contributed by atoms with Crippen LogP contribution >= 0.6 is 0 Å². The minimum absolute atomic E-state index is 0.125. The number of fused-ring (bicyclic) bond motifs is 1. The summed E-state index contributed by atoms with van der Waals surface area (Å²) >= 11 is 0. The molecule has 0 atom stereocenters. The molecule has 4 rings (SSSR count). The number of ether oxygens (including phenoxy) is 4. The van der Waals surface area contributed by atoms with E-state index < -0.39 is 5.97 Å². The molecule has 0 unspecified atom stereocenters. The van der Waals surface area contributed by atoms with Crippen LogP contribution in [0.25, 0.3) is 0 Å². The first kappa shape index (κ1) is 20.5. The zero-order valence-corrected chi connectivity index (χ0v) is 17.2. The second-order valence-corrected chi connectivity index (χ2v) is 6.94. The molecule has 1 aliphatic rings. The van der Waals surface area contributed by atoms with Crippen LogP contribution in [0.4, 0.5) is 0 Å². The SMILES string of the molecule is COc1ccc(CN(Cc2ccc3c(c2)OCO3)Cc2nc(C(=O)O)co2)c(OC)c1. The lowest BCUT2D eigenvalue weighted by atomic mass is 10.1. The van der Waals surface area contributed by atoms with E-state index in [1.54, 1.807) is 14.2 Å². The third kappa shape index (κ3) is 4.72. The Kier molecular flexibility index (Phi) is 5.94. The van der Waals surface area contributed by atoms with Gasteiger partial charge in [-0.3, -0.25) is 4.90 Å². The number of carboxylic acids is 1. The highest BCUT2D eigenvalue weighted by Gasteiger charge is 2.19. The maximum atomic E-state index is 11.1. The van der Waals surface area contributed by atoms with Crippen LogP contribution in [0.1, 0.15) is 27.5 Å². The van der Waals surface area contributed by atoms with E-state index in [0.29, 0.717) is 48.5 Å². The Morgan fingerprint density at radius 2 is 1.90 bits per heavy atom. The van der Waals surface area contributed by atoms with Crippen molar-refractivity contribution in [3.63, 3.8) is 0 Å². The Balaban J connectivity index is 1.59. The van der Waals surface area contributed by atoms with E-state index in [9.17, 15) is 4.79 Å². The number of rotatable bonds is 9. The van der Waals surface area contributed by atoms with Crippen LogP contribution in [0.2, 0.25) is 0 Å². The highest BCUT2D eigenvalue weighted by molar-refractivity contribution is 5.84. The van der Waals surface area contributed by atoms with E-state index in [2.05, 4.69) is 9.88 Å². The summed E-state index contributed by atoms with van der Waals surface area (Å²) in [5, 5.41) is 9.12. The summed E-state index contributed by atoms with van der Waals surface area (Å²) < 4.78 is 27.0. The fourth-order valence-electron chi connectivity index (χ4n) is 3.36. The third-order valence-electron chi connectivity index (χ3n) is 4.86. The Labute approximate surface area is 178 Å². The van der Waals surface area contributed by atoms with Crippen LogP contribution in [0.5, 0.6) is 23.0 Å². The van der Waals surface area contributed by atoms with Crippen molar-refractivity contribution in [2.24, 2.45) is 0 Å². The quantitative estimate of drug-likeness (QED) is 0.552. The first-order valence-electron chi connectivity index (χ1n) is 9.55. The van der Waals surface area contributed by atoms with Gasteiger partial charge in [0.15, 0.2) is 17.2 Å². The van der Waals surface area contributed by atoms with Crippen molar-refractivity contribution in [1.29, 1.82) is 0 Å². The molecule has 0 amide bonds. The van der Waals surface area contributed by atoms with Crippen molar-refractivity contribution < 1.29 is 33.3 Å². The summed E-state index contributed by atoms with van der Waals surface area (Å²) in [6.45, 7) is 1.56. The molecule has 0 bridgehead atoms. The normalized spacial score (nSPS) is 12.2. The molecule has 0 spiro atoms. The first-order valence-corrected chi connectivity index (χ1v) is 9.55. The van der Waals surface area contributed by atoms with Gasteiger partial charge in [-0.05, 0) is 23.8 Å². The van der Waals surface area contributed by atoms with Crippen molar-refractivity contribution in [2.75, 3.05) is 21.0 Å². The van der Waals surface area contributed by atoms with Crippen LogP contribution in [0.15, 0.2) is 47.1 Å². The van der Waals surface area contributed by atoms with Gasteiger partial charge in [0.05, 0.1) is 20.8 Å². The molecular weight excluding hydrogens is 404 g/mol. The fourth-order valence-corrected chi connectivity index (χ4v) is 3.36. The topological polar surface area (TPSA) is 103 Å². The van der Waals surface area contributed by atoms with Gasteiger partial charge in [0.1, 0.15) is 17.8 Å². The van der Waals surface area contributed by atoms with Gasteiger partial charge in [-0.25, -0.2) is 9.78 Å². The molecule has 162 valence electrons. The smallest absolute Gasteiger partial charge is 0.357 e. The predicted octanol–water partition coefficient (Wildman–Crippen LogP) is 3.32. The molecule has 31 heavy (non-hydrogen) atoms. The number of carboxylic acid groups (broad SMARTS) is 1. The van der Waals surface area contributed by atoms with Gasteiger partial charge in [0.2, 0.25) is 12.7 Å². The standard InChI is InChI=1S/C22H22N2O7/c1-27-16-5-4-15(19(8-16)28-2)10-24(11-21-23-17(12-29-21)22(25)26)9-14-3-6-18-20(7-14)31-13-30-18/h3-8,12H,9-11,13H2,1-2H3,(H,25,26). The Morgan fingerprint density at radius 1 is 1.06 bits per heavy atom. The monoisotopic (exact) mass is 426 g/mol. The lowest BCUT2D eigenvalue weighted by Gasteiger charge is -2.22.